The Kier molecular flexibility index (Phi) is 6.61. The van der Waals surface area contributed by atoms with Gasteiger partial charge < -0.3 is 10.6 Å². The van der Waals surface area contributed by atoms with Gasteiger partial charge in [0.05, 0.1) is 11.5 Å². The van der Waals surface area contributed by atoms with Crippen molar-refractivity contribution in [1.82, 2.24) is 10.2 Å². The number of carbonyl (C=O) groups is 1. The topological polar surface area (TPSA) is 87.5 Å². The molecular formula is C14H22N4O3. The standard InChI is InChI=1S/C14H22N4O3/c1-4-16-12-7-6-11(8-13(12)18(20)21)9-17(5-2)10-14(19)15-3/h6-8,16H,4-5,9-10H2,1-3H3,(H,15,19). The van der Waals surface area contributed by atoms with E-state index in [1.54, 1.807) is 19.2 Å². The zero-order valence-corrected chi connectivity index (χ0v) is 12.7. The van der Waals surface area contributed by atoms with Crippen molar-refractivity contribution >= 4 is 17.3 Å². The Hall–Kier alpha value is -2.15. The van der Waals surface area contributed by atoms with E-state index in [1.807, 2.05) is 24.8 Å². The Bertz CT molecular complexity index is 505. The van der Waals surface area contributed by atoms with E-state index in [0.29, 0.717) is 25.3 Å². The lowest BCUT2D eigenvalue weighted by Gasteiger charge is -2.19. The van der Waals surface area contributed by atoms with Crippen molar-refractivity contribution in [1.29, 1.82) is 0 Å². The summed E-state index contributed by atoms with van der Waals surface area (Å²) in [6, 6.07) is 5.12. The van der Waals surface area contributed by atoms with Crippen LogP contribution in [-0.4, -0.2) is 42.4 Å². The lowest BCUT2D eigenvalue weighted by Crippen LogP contribution is -2.35. The van der Waals surface area contributed by atoms with E-state index >= 15 is 0 Å². The van der Waals surface area contributed by atoms with Gasteiger partial charge in [0, 0.05) is 26.2 Å². The molecular weight excluding hydrogens is 272 g/mol. The minimum absolute atomic E-state index is 0.0605. The lowest BCUT2D eigenvalue weighted by molar-refractivity contribution is -0.384. The summed E-state index contributed by atoms with van der Waals surface area (Å²) in [5.41, 5.74) is 1.39. The van der Waals surface area contributed by atoms with Gasteiger partial charge in [-0.3, -0.25) is 19.8 Å². The maximum atomic E-state index is 11.4. The summed E-state index contributed by atoms with van der Waals surface area (Å²) < 4.78 is 0. The molecule has 1 amide bonds. The summed E-state index contributed by atoms with van der Waals surface area (Å²) in [5, 5.41) is 16.7. The van der Waals surface area contributed by atoms with Gasteiger partial charge in [0.2, 0.25) is 5.91 Å². The van der Waals surface area contributed by atoms with Gasteiger partial charge >= 0.3 is 0 Å². The van der Waals surface area contributed by atoms with E-state index in [0.717, 1.165) is 5.56 Å². The van der Waals surface area contributed by atoms with Gasteiger partial charge in [0.1, 0.15) is 5.69 Å². The highest BCUT2D eigenvalue weighted by atomic mass is 16.6. The molecule has 7 heteroatoms. The third-order valence-corrected chi connectivity index (χ3v) is 3.13. The summed E-state index contributed by atoms with van der Waals surface area (Å²) >= 11 is 0. The predicted molar refractivity (Wildman–Crippen MR) is 82.3 cm³/mol. The molecule has 21 heavy (non-hydrogen) atoms. The molecule has 0 radical (unpaired) electrons. The van der Waals surface area contributed by atoms with E-state index in [9.17, 15) is 14.9 Å². The smallest absolute Gasteiger partial charge is 0.292 e. The van der Waals surface area contributed by atoms with Gasteiger partial charge in [0.25, 0.3) is 5.69 Å². The third-order valence-electron chi connectivity index (χ3n) is 3.13. The number of rotatable bonds is 8. The third kappa shape index (κ3) is 5.03. The second-order valence-electron chi connectivity index (χ2n) is 4.62. The molecule has 0 saturated heterocycles. The molecule has 1 aromatic carbocycles. The first-order valence-corrected chi connectivity index (χ1v) is 6.95. The SMILES string of the molecule is CCNc1ccc(CN(CC)CC(=O)NC)cc1[N+](=O)[O-]. The number of benzene rings is 1. The van der Waals surface area contributed by atoms with Crippen molar-refractivity contribution in [3.63, 3.8) is 0 Å². The summed E-state index contributed by atoms with van der Waals surface area (Å²) in [7, 11) is 1.59. The zero-order chi connectivity index (χ0) is 15.8. The summed E-state index contributed by atoms with van der Waals surface area (Å²) in [5.74, 6) is -0.0735. The molecule has 0 fully saturated rings. The number of nitrogens with one attached hydrogen (secondary N) is 2. The van der Waals surface area contributed by atoms with Crippen LogP contribution in [0.25, 0.3) is 0 Å². The van der Waals surface area contributed by atoms with E-state index in [4.69, 9.17) is 0 Å². The zero-order valence-electron chi connectivity index (χ0n) is 12.7. The largest absolute Gasteiger partial charge is 0.380 e. The molecule has 0 aliphatic heterocycles. The second-order valence-corrected chi connectivity index (χ2v) is 4.62. The van der Waals surface area contributed by atoms with Gasteiger partial charge in [-0.2, -0.15) is 0 Å². The van der Waals surface area contributed by atoms with E-state index < -0.39 is 4.92 Å². The average molecular weight is 294 g/mol. The minimum Gasteiger partial charge on any atom is -0.380 e. The number of nitro groups is 1. The van der Waals surface area contributed by atoms with Crippen molar-refractivity contribution in [2.24, 2.45) is 0 Å². The number of amides is 1. The molecule has 0 heterocycles. The monoisotopic (exact) mass is 294 g/mol. The first kappa shape index (κ1) is 16.9. The Balaban J connectivity index is 2.90. The number of nitrogens with zero attached hydrogens (tertiary/aromatic N) is 2. The normalized spacial score (nSPS) is 10.5. The van der Waals surface area contributed by atoms with Crippen LogP contribution in [0.5, 0.6) is 0 Å². The van der Waals surface area contributed by atoms with Gasteiger partial charge in [-0.05, 0) is 25.1 Å². The molecule has 1 rings (SSSR count). The van der Waals surface area contributed by atoms with Crippen LogP contribution in [0.2, 0.25) is 0 Å². The Labute approximate surface area is 124 Å². The van der Waals surface area contributed by atoms with Crippen molar-refractivity contribution in [3.8, 4) is 0 Å². The molecule has 0 spiro atoms. The molecule has 2 N–H and O–H groups in total. The van der Waals surface area contributed by atoms with Crippen LogP contribution in [0.4, 0.5) is 11.4 Å². The first-order chi connectivity index (χ1) is 10.0. The fourth-order valence-electron chi connectivity index (χ4n) is 1.99. The fourth-order valence-corrected chi connectivity index (χ4v) is 1.99. The quantitative estimate of drug-likeness (QED) is 0.561. The molecule has 116 valence electrons. The number of hydrogen-bond acceptors (Lipinski definition) is 5. The molecule has 1 aromatic rings. The van der Waals surface area contributed by atoms with Crippen LogP contribution in [0.3, 0.4) is 0 Å². The number of carbonyl (C=O) groups excluding carboxylic acids is 1. The molecule has 0 unspecified atom stereocenters. The number of nitro benzene ring substituents is 1. The second kappa shape index (κ2) is 8.21. The van der Waals surface area contributed by atoms with Gasteiger partial charge in [-0.1, -0.05) is 13.0 Å². The van der Waals surface area contributed by atoms with E-state index in [2.05, 4.69) is 10.6 Å². The summed E-state index contributed by atoms with van der Waals surface area (Å²) in [6.45, 7) is 5.92. The number of likely N-dealkylation sites (N-methyl/N-ethyl adjacent to an activating group) is 2. The Morgan fingerprint density at radius 3 is 2.62 bits per heavy atom. The fraction of sp³-hybridized carbons (Fsp3) is 0.500. The Morgan fingerprint density at radius 1 is 1.38 bits per heavy atom. The maximum Gasteiger partial charge on any atom is 0.292 e. The summed E-state index contributed by atoms with van der Waals surface area (Å²) in [6.07, 6.45) is 0. The van der Waals surface area contributed by atoms with Gasteiger partial charge in [-0.25, -0.2) is 0 Å². The minimum atomic E-state index is -0.392. The van der Waals surface area contributed by atoms with Crippen LogP contribution in [0.1, 0.15) is 19.4 Å². The van der Waals surface area contributed by atoms with Crippen LogP contribution >= 0.6 is 0 Å². The lowest BCUT2D eigenvalue weighted by atomic mass is 10.1. The van der Waals surface area contributed by atoms with E-state index in [-0.39, 0.29) is 18.1 Å². The maximum absolute atomic E-state index is 11.4. The highest BCUT2D eigenvalue weighted by Crippen LogP contribution is 2.26. The van der Waals surface area contributed by atoms with Crippen LogP contribution in [-0.2, 0) is 11.3 Å². The van der Waals surface area contributed by atoms with Crippen LogP contribution in [0.15, 0.2) is 18.2 Å². The molecule has 0 aliphatic carbocycles. The van der Waals surface area contributed by atoms with Crippen molar-refractivity contribution in [3.05, 3.63) is 33.9 Å². The summed E-state index contributed by atoms with van der Waals surface area (Å²) in [4.78, 5) is 24.1. The molecule has 0 aliphatic rings. The van der Waals surface area contributed by atoms with E-state index in [1.165, 1.54) is 0 Å². The number of hydrogen-bond donors (Lipinski definition) is 2. The van der Waals surface area contributed by atoms with Gasteiger partial charge in [-0.15, -0.1) is 0 Å². The highest BCUT2D eigenvalue weighted by Gasteiger charge is 2.15. The molecule has 7 nitrogen and oxygen atoms in total. The van der Waals surface area contributed by atoms with Crippen LogP contribution < -0.4 is 10.6 Å². The number of anilines is 1. The van der Waals surface area contributed by atoms with Crippen molar-refractivity contribution < 1.29 is 9.72 Å². The van der Waals surface area contributed by atoms with Gasteiger partial charge in [0.15, 0.2) is 0 Å². The predicted octanol–water partition coefficient (Wildman–Crippen LogP) is 1.59. The Morgan fingerprint density at radius 2 is 2.10 bits per heavy atom. The molecule has 0 atom stereocenters. The van der Waals surface area contributed by atoms with Crippen molar-refractivity contribution in [2.75, 3.05) is 32.0 Å². The first-order valence-electron chi connectivity index (χ1n) is 6.95. The molecule has 0 bridgehead atoms. The highest BCUT2D eigenvalue weighted by molar-refractivity contribution is 5.77. The van der Waals surface area contributed by atoms with Crippen LogP contribution in [0, 0.1) is 10.1 Å². The van der Waals surface area contributed by atoms with Crippen molar-refractivity contribution in [2.45, 2.75) is 20.4 Å². The average Bonchev–Trinajstić information content (AvgIpc) is 2.47. The molecule has 0 aromatic heterocycles. The molecule has 0 saturated carbocycles.